The Kier molecular flexibility index (Phi) is 9.78. The Morgan fingerprint density at radius 2 is 1.54 bits per heavy atom. The molecule has 3 aliphatic rings. The first-order chi connectivity index (χ1) is 16.9. The molecule has 0 amide bonds. The standard InChI is InChI=1S/C34H62O3/c1-23-20-27-16-17-29(27)34(11,21-23)33(9,10)37-24(2)22-36-30(35)26-14-12-25(13-15-26)28(32(6,7)8)18-19-31(3,4)5/h23-26,28,30,35H,12-22H2,1-11H3/t23?,24-,25?,26?,28?,30?,34?/m1/s1. The van der Waals surface area contributed by atoms with Gasteiger partial charge in [0, 0.05) is 11.3 Å². The molecule has 4 unspecified atom stereocenters. The Morgan fingerprint density at radius 1 is 0.946 bits per heavy atom. The van der Waals surface area contributed by atoms with Crippen LogP contribution in [0.25, 0.3) is 0 Å². The lowest BCUT2D eigenvalue weighted by molar-refractivity contribution is -0.194. The monoisotopic (exact) mass is 518 g/mol. The van der Waals surface area contributed by atoms with Crippen LogP contribution in [0.15, 0.2) is 11.1 Å². The van der Waals surface area contributed by atoms with Crippen LogP contribution in [0.2, 0.25) is 0 Å². The Balaban J connectivity index is 1.48. The van der Waals surface area contributed by atoms with Gasteiger partial charge in [-0.2, -0.15) is 0 Å². The van der Waals surface area contributed by atoms with Crippen LogP contribution in [0.3, 0.4) is 0 Å². The van der Waals surface area contributed by atoms with Gasteiger partial charge in [0.15, 0.2) is 6.29 Å². The van der Waals surface area contributed by atoms with Gasteiger partial charge in [0.25, 0.3) is 0 Å². The quantitative estimate of drug-likeness (QED) is 0.231. The molecule has 3 rings (SSSR count). The number of aliphatic hydroxyl groups is 1. The normalized spacial score (nSPS) is 31.9. The maximum absolute atomic E-state index is 11.0. The number of hydrogen-bond acceptors (Lipinski definition) is 3. The van der Waals surface area contributed by atoms with Crippen LogP contribution in [-0.2, 0) is 9.47 Å². The summed E-state index contributed by atoms with van der Waals surface area (Å²) in [5, 5.41) is 11.0. The van der Waals surface area contributed by atoms with Gasteiger partial charge < -0.3 is 14.6 Å². The molecular weight excluding hydrogens is 456 g/mol. The van der Waals surface area contributed by atoms with E-state index in [0.29, 0.717) is 17.4 Å². The maximum Gasteiger partial charge on any atom is 0.157 e. The fraction of sp³-hybridized carbons (Fsp3) is 0.941. The van der Waals surface area contributed by atoms with E-state index in [4.69, 9.17) is 9.47 Å². The van der Waals surface area contributed by atoms with E-state index < -0.39 is 6.29 Å². The molecule has 1 N–H and O–H groups in total. The SMILES string of the molecule is CC1CC2=C(CC2)C(C)(C(C)(C)O[C@H](C)COC(O)C2CCC(C(CCC(C)(C)C)C(C)(C)C)CC2)C1. The van der Waals surface area contributed by atoms with Crippen molar-refractivity contribution in [1.82, 2.24) is 0 Å². The Bertz CT molecular complexity index is 774. The summed E-state index contributed by atoms with van der Waals surface area (Å²) in [6, 6.07) is 0. The number of ether oxygens (including phenoxy) is 2. The third-order valence-electron chi connectivity index (χ3n) is 10.6. The fourth-order valence-corrected chi connectivity index (χ4v) is 8.07. The minimum atomic E-state index is -0.677. The Hall–Kier alpha value is -0.380. The van der Waals surface area contributed by atoms with Crippen LogP contribution in [0.1, 0.15) is 140 Å². The highest BCUT2D eigenvalue weighted by Gasteiger charge is 2.51. The van der Waals surface area contributed by atoms with Crippen LogP contribution in [0, 0.1) is 39.9 Å². The van der Waals surface area contributed by atoms with Gasteiger partial charge in [0.05, 0.1) is 18.3 Å². The molecule has 1 fully saturated rings. The third kappa shape index (κ3) is 7.63. The average Bonchev–Trinajstić information content (AvgIpc) is 2.72. The number of rotatable bonds is 10. The Labute approximate surface area is 230 Å². The molecular formula is C34H62O3. The lowest BCUT2D eigenvalue weighted by Crippen LogP contribution is -2.51. The summed E-state index contributed by atoms with van der Waals surface area (Å²) < 4.78 is 12.8. The second kappa shape index (κ2) is 11.6. The lowest BCUT2D eigenvalue weighted by Gasteiger charge is -2.54. The number of hydrogen-bond donors (Lipinski definition) is 1. The molecule has 0 aliphatic heterocycles. The largest absolute Gasteiger partial charge is 0.369 e. The van der Waals surface area contributed by atoms with Crippen LogP contribution in [0.5, 0.6) is 0 Å². The van der Waals surface area contributed by atoms with E-state index in [9.17, 15) is 5.11 Å². The molecule has 0 aromatic rings. The molecule has 3 heteroatoms. The summed E-state index contributed by atoms with van der Waals surface area (Å²) in [5.41, 5.74) is 3.93. The second-order valence-electron chi connectivity index (χ2n) is 16.3. The maximum atomic E-state index is 11.0. The molecule has 0 radical (unpaired) electrons. The van der Waals surface area contributed by atoms with Crippen molar-refractivity contribution in [2.75, 3.05) is 6.61 Å². The molecule has 3 aliphatic carbocycles. The third-order valence-corrected chi connectivity index (χ3v) is 10.6. The second-order valence-corrected chi connectivity index (χ2v) is 16.3. The highest BCUT2D eigenvalue weighted by molar-refractivity contribution is 5.36. The van der Waals surface area contributed by atoms with Gasteiger partial charge in [-0.1, -0.05) is 66.5 Å². The molecule has 1 saturated carbocycles. The molecule has 37 heavy (non-hydrogen) atoms. The van der Waals surface area contributed by atoms with Gasteiger partial charge in [-0.05, 0) is 114 Å². The molecule has 0 aromatic carbocycles. The highest BCUT2D eigenvalue weighted by atomic mass is 16.6. The molecule has 216 valence electrons. The van der Waals surface area contributed by atoms with Gasteiger partial charge in [-0.15, -0.1) is 0 Å². The van der Waals surface area contributed by atoms with E-state index >= 15 is 0 Å². The number of aliphatic hydroxyl groups excluding tert-OH is 1. The zero-order chi connectivity index (χ0) is 27.8. The summed E-state index contributed by atoms with van der Waals surface area (Å²) in [6.45, 7) is 26.3. The minimum absolute atomic E-state index is 0.0400. The average molecular weight is 519 g/mol. The van der Waals surface area contributed by atoms with Crippen molar-refractivity contribution < 1.29 is 14.6 Å². The summed E-state index contributed by atoms with van der Waals surface area (Å²) in [6.07, 6.45) is 11.4. The predicted molar refractivity (Wildman–Crippen MR) is 156 cm³/mol. The van der Waals surface area contributed by atoms with E-state index in [-0.39, 0.29) is 23.0 Å². The smallest absolute Gasteiger partial charge is 0.157 e. The molecule has 5 atom stereocenters. The summed E-state index contributed by atoms with van der Waals surface area (Å²) in [7, 11) is 0. The summed E-state index contributed by atoms with van der Waals surface area (Å²) in [4.78, 5) is 0. The first-order valence-corrected chi connectivity index (χ1v) is 15.6. The lowest BCUT2D eigenvalue weighted by atomic mass is 9.55. The highest BCUT2D eigenvalue weighted by Crippen LogP contribution is 2.57. The minimum Gasteiger partial charge on any atom is -0.369 e. The molecule has 0 saturated heterocycles. The first kappa shape index (κ1) is 31.2. The summed E-state index contributed by atoms with van der Waals surface area (Å²) in [5.74, 6) is 2.48. The van der Waals surface area contributed by atoms with Crippen molar-refractivity contribution in [1.29, 1.82) is 0 Å². The van der Waals surface area contributed by atoms with Gasteiger partial charge in [0.1, 0.15) is 0 Å². The van der Waals surface area contributed by atoms with Crippen molar-refractivity contribution in [2.45, 2.75) is 158 Å². The molecule has 0 spiro atoms. The van der Waals surface area contributed by atoms with Crippen molar-refractivity contribution in [3.8, 4) is 0 Å². The number of allylic oxidation sites excluding steroid dienone is 1. The molecule has 0 aromatic heterocycles. The van der Waals surface area contributed by atoms with E-state index in [0.717, 1.165) is 30.6 Å². The van der Waals surface area contributed by atoms with Crippen molar-refractivity contribution in [2.24, 2.45) is 39.9 Å². The van der Waals surface area contributed by atoms with Crippen LogP contribution in [-0.4, -0.2) is 29.7 Å². The van der Waals surface area contributed by atoms with Crippen molar-refractivity contribution >= 4 is 0 Å². The van der Waals surface area contributed by atoms with Crippen molar-refractivity contribution in [3.63, 3.8) is 0 Å². The van der Waals surface area contributed by atoms with E-state index in [2.05, 4.69) is 76.2 Å². The molecule has 0 bridgehead atoms. The van der Waals surface area contributed by atoms with E-state index in [1.165, 1.54) is 51.4 Å². The predicted octanol–water partition coefficient (Wildman–Crippen LogP) is 9.33. The van der Waals surface area contributed by atoms with Gasteiger partial charge in [-0.25, -0.2) is 0 Å². The summed E-state index contributed by atoms with van der Waals surface area (Å²) >= 11 is 0. The van der Waals surface area contributed by atoms with E-state index in [1.54, 1.807) is 11.1 Å². The first-order valence-electron chi connectivity index (χ1n) is 15.6. The van der Waals surface area contributed by atoms with Gasteiger partial charge in [0.2, 0.25) is 0 Å². The van der Waals surface area contributed by atoms with Crippen LogP contribution in [0.4, 0.5) is 0 Å². The van der Waals surface area contributed by atoms with Crippen molar-refractivity contribution in [3.05, 3.63) is 11.1 Å². The van der Waals surface area contributed by atoms with Crippen LogP contribution < -0.4 is 0 Å². The molecule has 0 heterocycles. The van der Waals surface area contributed by atoms with Gasteiger partial charge >= 0.3 is 0 Å². The van der Waals surface area contributed by atoms with Gasteiger partial charge in [-0.3, -0.25) is 0 Å². The fourth-order valence-electron chi connectivity index (χ4n) is 8.07. The molecule has 3 nitrogen and oxygen atoms in total. The zero-order valence-corrected chi connectivity index (χ0v) is 26.5. The van der Waals surface area contributed by atoms with Crippen LogP contribution >= 0.6 is 0 Å². The zero-order valence-electron chi connectivity index (χ0n) is 26.5. The topological polar surface area (TPSA) is 38.7 Å². The van der Waals surface area contributed by atoms with E-state index in [1.807, 2.05) is 0 Å². The Morgan fingerprint density at radius 3 is 2.05 bits per heavy atom.